The van der Waals surface area contributed by atoms with Gasteiger partial charge >= 0.3 is 0 Å². The van der Waals surface area contributed by atoms with Crippen molar-refractivity contribution in [2.75, 3.05) is 13.7 Å². The van der Waals surface area contributed by atoms with Crippen LogP contribution in [0.5, 0.6) is 11.5 Å². The lowest BCUT2D eigenvalue weighted by Crippen LogP contribution is -2.29. The molecule has 4 rings (SSSR count). The highest BCUT2D eigenvalue weighted by Crippen LogP contribution is 2.40. The summed E-state index contributed by atoms with van der Waals surface area (Å²) in [4.78, 5) is 27.9. The number of hydrogen-bond donors (Lipinski definition) is 1. The Kier molecular flexibility index (Phi) is 7.20. The van der Waals surface area contributed by atoms with Crippen LogP contribution in [0.25, 0.3) is 5.76 Å². The molecule has 0 saturated carbocycles. The van der Waals surface area contributed by atoms with Gasteiger partial charge < -0.3 is 19.5 Å². The number of likely N-dealkylation sites (tertiary alicyclic amines) is 1. The van der Waals surface area contributed by atoms with E-state index in [1.807, 2.05) is 68.4 Å². The molecular formula is C29H29NO5. The normalized spacial score (nSPS) is 17.1. The second-order valence-electron chi connectivity index (χ2n) is 8.92. The van der Waals surface area contributed by atoms with Gasteiger partial charge in [-0.2, -0.15) is 0 Å². The van der Waals surface area contributed by atoms with Crippen molar-refractivity contribution in [2.45, 2.75) is 26.4 Å². The number of amides is 1. The van der Waals surface area contributed by atoms with E-state index in [0.29, 0.717) is 29.6 Å². The van der Waals surface area contributed by atoms with E-state index in [2.05, 4.69) is 0 Å². The van der Waals surface area contributed by atoms with Crippen LogP contribution in [-0.4, -0.2) is 35.4 Å². The molecule has 6 heteroatoms. The van der Waals surface area contributed by atoms with Crippen molar-refractivity contribution in [3.63, 3.8) is 0 Å². The molecule has 1 saturated heterocycles. The Hall–Kier alpha value is -4.06. The Morgan fingerprint density at radius 1 is 0.943 bits per heavy atom. The first-order valence-corrected chi connectivity index (χ1v) is 11.6. The number of benzene rings is 3. The van der Waals surface area contributed by atoms with Crippen LogP contribution in [0.4, 0.5) is 0 Å². The minimum Gasteiger partial charge on any atom is -0.507 e. The van der Waals surface area contributed by atoms with E-state index >= 15 is 0 Å². The number of carbonyl (C=O) groups is 2. The van der Waals surface area contributed by atoms with Gasteiger partial charge in [0.2, 0.25) is 0 Å². The van der Waals surface area contributed by atoms with Crippen molar-refractivity contribution in [3.05, 3.63) is 101 Å². The summed E-state index contributed by atoms with van der Waals surface area (Å²) < 4.78 is 11.0. The standard InChI is InChI=1S/C29H29NO5/c1-19(2)18-35-24-11-7-10-22(16-24)27(31)25-26(21-8-5-4-6-9-21)30(29(33)28(25)32)17-20-12-14-23(34-3)15-13-20/h4-16,19,26,31H,17-18H2,1-3H3/b27-25-. The van der Waals surface area contributed by atoms with E-state index in [1.54, 1.807) is 31.4 Å². The third-order valence-electron chi connectivity index (χ3n) is 5.86. The maximum atomic E-state index is 13.2. The number of hydrogen-bond acceptors (Lipinski definition) is 5. The van der Waals surface area contributed by atoms with Crippen LogP contribution in [0.2, 0.25) is 0 Å². The van der Waals surface area contributed by atoms with Crippen molar-refractivity contribution in [1.82, 2.24) is 4.90 Å². The fourth-order valence-corrected chi connectivity index (χ4v) is 4.10. The second kappa shape index (κ2) is 10.5. The molecule has 0 bridgehead atoms. The lowest BCUT2D eigenvalue weighted by Gasteiger charge is -2.25. The van der Waals surface area contributed by atoms with Crippen LogP contribution in [0.3, 0.4) is 0 Å². The maximum absolute atomic E-state index is 13.2. The molecule has 0 aliphatic carbocycles. The van der Waals surface area contributed by atoms with Gasteiger partial charge in [-0.3, -0.25) is 9.59 Å². The third kappa shape index (κ3) is 5.22. The van der Waals surface area contributed by atoms with Gasteiger partial charge in [0.05, 0.1) is 25.3 Å². The van der Waals surface area contributed by atoms with Gasteiger partial charge in [0, 0.05) is 12.1 Å². The van der Waals surface area contributed by atoms with Crippen molar-refractivity contribution in [3.8, 4) is 11.5 Å². The fourth-order valence-electron chi connectivity index (χ4n) is 4.10. The Morgan fingerprint density at radius 3 is 2.31 bits per heavy atom. The Balaban J connectivity index is 1.76. The molecule has 1 atom stereocenters. The Morgan fingerprint density at radius 2 is 1.66 bits per heavy atom. The van der Waals surface area contributed by atoms with Crippen molar-refractivity contribution < 1.29 is 24.2 Å². The van der Waals surface area contributed by atoms with Crippen molar-refractivity contribution in [2.24, 2.45) is 5.92 Å². The third-order valence-corrected chi connectivity index (χ3v) is 5.86. The average Bonchev–Trinajstić information content (AvgIpc) is 3.13. The molecule has 3 aromatic rings. The molecule has 1 aliphatic rings. The van der Waals surface area contributed by atoms with Gasteiger partial charge in [-0.1, -0.05) is 68.4 Å². The molecule has 1 fully saturated rings. The number of ketones is 1. The van der Waals surface area contributed by atoms with Gasteiger partial charge in [-0.25, -0.2) is 0 Å². The van der Waals surface area contributed by atoms with Gasteiger partial charge in [0.15, 0.2) is 0 Å². The topological polar surface area (TPSA) is 76.1 Å². The van der Waals surface area contributed by atoms with Crippen LogP contribution >= 0.6 is 0 Å². The SMILES string of the molecule is COc1ccc(CN2C(=O)C(=O)/C(=C(\O)c3cccc(OCC(C)C)c3)C2c2ccccc2)cc1. The first-order chi connectivity index (χ1) is 16.9. The molecule has 35 heavy (non-hydrogen) atoms. The van der Waals surface area contributed by atoms with E-state index in [-0.39, 0.29) is 17.9 Å². The maximum Gasteiger partial charge on any atom is 0.295 e. The summed E-state index contributed by atoms with van der Waals surface area (Å²) in [6.07, 6.45) is 0. The lowest BCUT2D eigenvalue weighted by atomic mass is 9.95. The molecule has 1 N–H and O–H groups in total. The zero-order chi connectivity index (χ0) is 24.9. The monoisotopic (exact) mass is 471 g/mol. The number of rotatable bonds is 8. The average molecular weight is 472 g/mol. The number of methoxy groups -OCH3 is 1. The summed E-state index contributed by atoms with van der Waals surface area (Å²) in [6.45, 7) is 4.84. The van der Waals surface area contributed by atoms with E-state index in [0.717, 1.165) is 11.1 Å². The highest BCUT2D eigenvalue weighted by atomic mass is 16.5. The number of Topliss-reactive ketones (excluding diaryl/α,β-unsaturated/α-hetero) is 1. The largest absolute Gasteiger partial charge is 0.507 e. The van der Waals surface area contributed by atoms with Crippen molar-refractivity contribution in [1.29, 1.82) is 0 Å². The zero-order valence-electron chi connectivity index (χ0n) is 20.1. The van der Waals surface area contributed by atoms with E-state index in [9.17, 15) is 14.7 Å². The minimum atomic E-state index is -0.724. The van der Waals surface area contributed by atoms with Gasteiger partial charge in [0.1, 0.15) is 17.3 Å². The molecule has 0 aromatic heterocycles. The summed E-state index contributed by atoms with van der Waals surface area (Å²) in [7, 11) is 1.59. The molecule has 1 amide bonds. The Labute approximate surface area is 205 Å². The van der Waals surface area contributed by atoms with Crippen LogP contribution in [0.15, 0.2) is 84.4 Å². The molecule has 0 spiro atoms. The second-order valence-corrected chi connectivity index (χ2v) is 8.92. The van der Waals surface area contributed by atoms with E-state index < -0.39 is 17.7 Å². The molecule has 1 heterocycles. The number of carbonyl (C=O) groups excluding carboxylic acids is 2. The minimum absolute atomic E-state index is 0.0655. The quantitative estimate of drug-likeness (QED) is 0.272. The predicted octanol–water partition coefficient (Wildman–Crippen LogP) is 5.35. The molecule has 3 aromatic carbocycles. The van der Waals surface area contributed by atoms with Crippen LogP contribution < -0.4 is 9.47 Å². The van der Waals surface area contributed by atoms with Gasteiger partial charge in [-0.15, -0.1) is 0 Å². The van der Waals surface area contributed by atoms with Crippen LogP contribution in [0.1, 0.15) is 36.6 Å². The molecule has 1 unspecified atom stereocenters. The predicted molar refractivity (Wildman–Crippen MR) is 134 cm³/mol. The van der Waals surface area contributed by atoms with E-state index in [1.165, 1.54) is 4.90 Å². The molecule has 1 aliphatic heterocycles. The zero-order valence-corrected chi connectivity index (χ0v) is 20.1. The number of nitrogens with zero attached hydrogens (tertiary/aromatic N) is 1. The summed E-state index contributed by atoms with van der Waals surface area (Å²) in [5, 5.41) is 11.3. The first kappa shape index (κ1) is 24.1. The van der Waals surface area contributed by atoms with Crippen LogP contribution in [0, 0.1) is 5.92 Å². The number of aliphatic hydroxyl groups excluding tert-OH is 1. The van der Waals surface area contributed by atoms with Gasteiger partial charge in [-0.05, 0) is 41.3 Å². The highest BCUT2D eigenvalue weighted by Gasteiger charge is 2.46. The smallest absolute Gasteiger partial charge is 0.295 e. The summed E-state index contributed by atoms with van der Waals surface area (Å²) >= 11 is 0. The molecule has 180 valence electrons. The highest BCUT2D eigenvalue weighted by molar-refractivity contribution is 6.46. The molecule has 0 radical (unpaired) electrons. The first-order valence-electron chi connectivity index (χ1n) is 11.6. The number of ether oxygens (including phenoxy) is 2. The lowest BCUT2D eigenvalue weighted by molar-refractivity contribution is -0.140. The summed E-state index contributed by atoms with van der Waals surface area (Å²) in [5.41, 5.74) is 2.08. The van der Waals surface area contributed by atoms with Crippen LogP contribution in [-0.2, 0) is 16.1 Å². The van der Waals surface area contributed by atoms with Crippen molar-refractivity contribution >= 4 is 17.4 Å². The summed E-state index contributed by atoms with van der Waals surface area (Å²) in [6, 6.07) is 22.8. The fraction of sp³-hybridized carbons (Fsp3) is 0.241. The van der Waals surface area contributed by atoms with Gasteiger partial charge in [0.25, 0.3) is 11.7 Å². The molecule has 6 nitrogen and oxygen atoms in total. The summed E-state index contributed by atoms with van der Waals surface area (Å²) in [5.74, 6) is 0.0568. The Bertz CT molecular complexity index is 1230. The molecular weight excluding hydrogens is 442 g/mol. The van der Waals surface area contributed by atoms with E-state index in [4.69, 9.17) is 9.47 Å². The number of aliphatic hydroxyl groups is 1.